The van der Waals surface area contributed by atoms with Crippen LogP contribution in [0.2, 0.25) is 0 Å². The van der Waals surface area contributed by atoms with Crippen LogP contribution >= 0.6 is 0 Å². The van der Waals surface area contributed by atoms with E-state index in [2.05, 4.69) is 35.5 Å². The fourth-order valence-corrected chi connectivity index (χ4v) is 2.97. The van der Waals surface area contributed by atoms with Crippen LogP contribution in [0.3, 0.4) is 0 Å². The summed E-state index contributed by atoms with van der Waals surface area (Å²) in [5, 5.41) is 7.30. The van der Waals surface area contributed by atoms with E-state index in [1.807, 2.05) is 49.4 Å². The molecule has 0 aliphatic carbocycles. The van der Waals surface area contributed by atoms with Crippen LogP contribution < -0.4 is 15.4 Å². The van der Waals surface area contributed by atoms with E-state index in [9.17, 15) is 4.79 Å². The largest absolute Gasteiger partial charge is 0.483 e. The Kier molecular flexibility index (Phi) is 6.48. The lowest BCUT2D eigenvalue weighted by Crippen LogP contribution is -2.32. The van der Waals surface area contributed by atoms with Crippen LogP contribution in [0.1, 0.15) is 30.9 Å². The van der Waals surface area contributed by atoms with Gasteiger partial charge in [0.25, 0.3) is 5.91 Å². The maximum atomic E-state index is 12.1. The molecule has 0 radical (unpaired) electrons. The van der Waals surface area contributed by atoms with Gasteiger partial charge in [-0.25, -0.2) is 0 Å². The van der Waals surface area contributed by atoms with Crippen LogP contribution in [-0.4, -0.2) is 30.6 Å². The number of aryl methyl sites for hydroxylation is 1. The maximum absolute atomic E-state index is 12.1. The van der Waals surface area contributed by atoms with Gasteiger partial charge in [0.1, 0.15) is 5.75 Å². The quantitative estimate of drug-likeness (QED) is 0.575. The number of nitrogens with zero attached hydrogens (tertiary/aromatic N) is 1. The molecule has 146 valence electrons. The van der Waals surface area contributed by atoms with Gasteiger partial charge in [-0.05, 0) is 42.2 Å². The smallest absolute Gasteiger partial charge is 0.258 e. The van der Waals surface area contributed by atoms with Gasteiger partial charge in [-0.15, -0.1) is 0 Å². The van der Waals surface area contributed by atoms with Crippen LogP contribution in [-0.2, 0) is 4.79 Å². The van der Waals surface area contributed by atoms with Crippen molar-refractivity contribution in [2.45, 2.75) is 26.7 Å². The average molecular weight is 377 g/mol. The molecule has 2 N–H and O–H groups in total. The summed E-state index contributed by atoms with van der Waals surface area (Å²) in [5.74, 6) is 1.06. The molecule has 2 aromatic carbocycles. The Morgan fingerprint density at radius 2 is 1.93 bits per heavy atom. The average Bonchev–Trinajstić information content (AvgIpc) is 2.70. The third-order valence-corrected chi connectivity index (χ3v) is 4.63. The lowest BCUT2D eigenvalue weighted by molar-refractivity contribution is -0.123. The molecule has 0 aliphatic rings. The Bertz CT molecular complexity index is 948. The fraction of sp³-hybridized carbons (Fsp3) is 0.304. The Labute approximate surface area is 166 Å². The van der Waals surface area contributed by atoms with Crippen molar-refractivity contribution in [2.75, 3.05) is 25.0 Å². The number of nitrogens with one attached hydrogen (secondary N) is 2. The highest BCUT2D eigenvalue weighted by molar-refractivity contribution is 5.90. The minimum atomic E-state index is -0.132. The number of para-hydroxylation sites is 1. The van der Waals surface area contributed by atoms with Gasteiger partial charge in [-0.1, -0.05) is 44.2 Å². The SMILES string of the molecule is Cc1ccc(C(C)C)cc1OCC(=O)NCCNc1cccc2cccnc12. The van der Waals surface area contributed by atoms with Crippen LogP contribution in [0.15, 0.2) is 54.7 Å². The number of carbonyl (C=O) groups excluding carboxylic acids is 1. The molecule has 1 aromatic heterocycles. The zero-order valence-corrected chi connectivity index (χ0v) is 16.7. The van der Waals surface area contributed by atoms with E-state index in [0.717, 1.165) is 27.9 Å². The second-order valence-electron chi connectivity index (χ2n) is 7.13. The third-order valence-electron chi connectivity index (χ3n) is 4.63. The predicted octanol–water partition coefficient (Wildman–Crippen LogP) is 4.27. The number of pyridine rings is 1. The molecule has 5 nitrogen and oxygen atoms in total. The Balaban J connectivity index is 1.46. The lowest BCUT2D eigenvalue weighted by atomic mass is 10.0. The summed E-state index contributed by atoms with van der Waals surface area (Å²) in [7, 11) is 0. The molecule has 0 saturated heterocycles. The summed E-state index contributed by atoms with van der Waals surface area (Å²) in [6.07, 6.45) is 1.78. The summed E-state index contributed by atoms with van der Waals surface area (Å²) in [6, 6.07) is 16.1. The van der Waals surface area contributed by atoms with Crippen LogP contribution in [0, 0.1) is 6.92 Å². The van der Waals surface area contributed by atoms with Gasteiger partial charge < -0.3 is 15.4 Å². The van der Waals surface area contributed by atoms with Gasteiger partial charge >= 0.3 is 0 Å². The van der Waals surface area contributed by atoms with E-state index in [1.165, 1.54) is 5.56 Å². The number of hydrogen-bond acceptors (Lipinski definition) is 4. The molecule has 0 bridgehead atoms. The summed E-state index contributed by atoms with van der Waals surface area (Å²) in [6.45, 7) is 7.40. The predicted molar refractivity (Wildman–Crippen MR) is 114 cm³/mol. The standard InChI is InChI=1S/C23H27N3O2/c1-16(2)19-10-9-17(3)21(14-19)28-15-22(27)25-13-12-24-20-8-4-6-18-7-5-11-26-23(18)20/h4-11,14,16,24H,12-13,15H2,1-3H3,(H,25,27). The Morgan fingerprint density at radius 1 is 1.11 bits per heavy atom. The molecule has 0 unspecified atom stereocenters. The number of benzene rings is 2. The van der Waals surface area contributed by atoms with Crippen molar-refractivity contribution in [3.63, 3.8) is 0 Å². The molecule has 5 heteroatoms. The normalized spacial score (nSPS) is 10.9. The fourth-order valence-electron chi connectivity index (χ4n) is 2.97. The monoisotopic (exact) mass is 377 g/mol. The van der Waals surface area contributed by atoms with Crippen molar-refractivity contribution in [3.05, 3.63) is 65.9 Å². The Morgan fingerprint density at radius 3 is 2.75 bits per heavy atom. The van der Waals surface area contributed by atoms with E-state index >= 15 is 0 Å². The first-order chi connectivity index (χ1) is 13.5. The minimum Gasteiger partial charge on any atom is -0.483 e. The van der Waals surface area contributed by atoms with Gasteiger partial charge in [0.2, 0.25) is 0 Å². The number of aromatic nitrogens is 1. The summed E-state index contributed by atoms with van der Waals surface area (Å²) in [5.41, 5.74) is 4.13. The van der Waals surface area contributed by atoms with Crippen molar-refractivity contribution in [1.29, 1.82) is 0 Å². The molecular weight excluding hydrogens is 350 g/mol. The highest BCUT2D eigenvalue weighted by Gasteiger charge is 2.08. The number of hydrogen-bond donors (Lipinski definition) is 2. The minimum absolute atomic E-state index is 0.0121. The van der Waals surface area contributed by atoms with Gasteiger partial charge in [-0.2, -0.15) is 0 Å². The number of fused-ring (bicyclic) bond motifs is 1. The second-order valence-corrected chi connectivity index (χ2v) is 7.13. The molecule has 1 amide bonds. The Hall–Kier alpha value is -3.08. The van der Waals surface area contributed by atoms with Crippen molar-refractivity contribution in [1.82, 2.24) is 10.3 Å². The van der Waals surface area contributed by atoms with Gasteiger partial charge in [0.15, 0.2) is 6.61 Å². The van der Waals surface area contributed by atoms with E-state index in [4.69, 9.17) is 4.74 Å². The molecule has 0 aliphatic heterocycles. The highest BCUT2D eigenvalue weighted by atomic mass is 16.5. The number of anilines is 1. The molecule has 1 heterocycles. The van der Waals surface area contributed by atoms with E-state index in [-0.39, 0.29) is 12.5 Å². The first-order valence-corrected chi connectivity index (χ1v) is 9.62. The molecule has 0 spiro atoms. The highest BCUT2D eigenvalue weighted by Crippen LogP contribution is 2.24. The van der Waals surface area contributed by atoms with Crippen molar-refractivity contribution < 1.29 is 9.53 Å². The van der Waals surface area contributed by atoms with Crippen molar-refractivity contribution in [2.24, 2.45) is 0 Å². The van der Waals surface area contributed by atoms with E-state index < -0.39 is 0 Å². The first-order valence-electron chi connectivity index (χ1n) is 9.62. The molecule has 28 heavy (non-hydrogen) atoms. The third kappa shape index (κ3) is 5.00. The van der Waals surface area contributed by atoms with Crippen molar-refractivity contribution >= 4 is 22.5 Å². The number of amides is 1. The van der Waals surface area contributed by atoms with E-state index in [1.54, 1.807) is 6.20 Å². The topological polar surface area (TPSA) is 63.2 Å². The first kappa shape index (κ1) is 19.7. The van der Waals surface area contributed by atoms with Gasteiger partial charge in [-0.3, -0.25) is 9.78 Å². The maximum Gasteiger partial charge on any atom is 0.258 e. The molecular formula is C23H27N3O2. The van der Waals surface area contributed by atoms with Gasteiger partial charge in [0, 0.05) is 24.7 Å². The summed E-state index contributed by atoms with van der Waals surface area (Å²) in [4.78, 5) is 16.5. The van der Waals surface area contributed by atoms with E-state index in [0.29, 0.717) is 19.0 Å². The summed E-state index contributed by atoms with van der Waals surface area (Å²) < 4.78 is 5.72. The molecule has 3 rings (SSSR count). The zero-order chi connectivity index (χ0) is 19.9. The van der Waals surface area contributed by atoms with Crippen LogP contribution in [0.4, 0.5) is 5.69 Å². The molecule has 0 atom stereocenters. The molecule has 0 saturated carbocycles. The van der Waals surface area contributed by atoms with Crippen molar-refractivity contribution in [3.8, 4) is 5.75 Å². The van der Waals surface area contributed by atoms with Gasteiger partial charge in [0.05, 0.1) is 11.2 Å². The van der Waals surface area contributed by atoms with Crippen LogP contribution in [0.5, 0.6) is 5.75 Å². The second kappa shape index (κ2) is 9.22. The summed E-state index contributed by atoms with van der Waals surface area (Å²) >= 11 is 0. The van der Waals surface area contributed by atoms with Crippen LogP contribution in [0.25, 0.3) is 10.9 Å². The number of rotatable bonds is 8. The zero-order valence-electron chi connectivity index (χ0n) is 16.7. The number of ether oxygens (including phenoxy) is 1. The molecule has 3 aromatic rings. The molecule has 0 fully saturated rings. The lowest BCUT2D eigenvalue weighted by Gasteiger charge is -2.13. The number of carbonyl (C=O) groups is 1.